The SMILES string of the molecule is O=C(C(c1cc(F)ccc1O)C(c1cccc(F)c1)C(Cl)Cl)C(c1cc(F)ccc1O)C(c1cccc(F)c1)C(Cl)Cl. The Hall–Kier alpha value is -2.97. The van der Waals surface area contributed by atoms with Gasteiger partial charge in [0.25, 0.3) is 0 Å². The lowest BCUT2D eigenvalue weighted by atomic mass is 9.69. The van der Waals surface area contributed by atoms with Crippen LogP contribution in [0.4, 0.5) is 17.6 Å². The summed E-state index contributed by atoms with van der Waals surface area (Å²) in [4.78, 5) is 12.0. The Balaban J connectivity index is 2.06. The maximum absolute atomic E-state index is 14.9. The van der Waals surface area contributed by atoms with Crippen molar-refractivity contribution in [3.05, 3.63) is 130 Å². The predicted molar refractivity (Wildman–Crippen MR) is 156 cm³/mol. The van der Waals surface area contributed by atoms with E-state index in [4.69, 9.17) is 46.4 Å². The highest BCUT2D eigenvalue weighted by atomic mass is 35.5. The smallest absolute Gasteiger partial charge is 0.149 e. The van der Waals surface area contributed by atoms with Gasteiger partial charge in [0, 0.05) is 23.0 Å². The van der Waals surface area contributed by atoms with Crippen LogP contribution in [0.15, 0.2) is 84.9 Å². The van der Waals surface area contributed by atoms with E-state index >= 15 is 0 Å². The Bertz CT molecular complexity index is 1470. The molecule has 0 saturated heterocycles. The number of hydrogen-bond acceptors (Lipinski definition) is 3. The van der Waals surface area contributed by atoms with Crippen LogP contribution >= 0.6 is 46.4 Å². The molecule has 4 rings (SSSR count). The molecule has 0 saturated carbocycles. The van der Waals surface area contributed by atoms with Gasteiger partial charge in [-0.1, -0.05) is 24.3 Å². The molecule has 4 unspecified atom stereocenters. The molecule has 4 aromatic rings. The second-order valence-electron chi connectivity index (χ2n) is 9.59. The molecular formula is C31H22Cl4F4O3. The van der Waals surface area contributed by atoms with Gasteiger partial charge in [0.15, 0.2) is 0 Å². The van der Waals surface area contributed by atoms with E-state index in [1.165, 1.54) is 24.3 Å². The molecule has 42 heavy (non-hydrogen) atoms. The molecule has 0 aliphatic carbocycles. The standard InChI is InChI=1S/C31H22Cl4F4O3/c32-30(33)25(15-3-1-5-17(36)11-15)27(21-13-19(38)7-9-23(21)40)29(42)28(22-14-20(39)8-10-24(22)41)26(31(34)35)16-4-2-6-18(37)12-16/h1-14,25-28,30-31,40-41H. The van der Waals surface area contributed by atoms with Crippen LogP contribution in [0.25, 0.3) is 0 Å². The summed E-state index contributed by atoms with van der Waals surface area (Å²) >= 11 is 25.6. The van der Waals surface area contributed by atoms with Crippen molar-refractivity contribution in [2.45, 2.75) is 33.3 Å². The van der Waals surface area contributed by atoms with Crippen LogP contribution in [0.3, 0.4) is 0 Å². The van der Waals surface area contributed by atoms with Crippen molar-refractivity contribution in [1.82, 2.24) is 0 Å². The minimum absolute atomic E-state index is 0.116. The third kappa shape index (κ3) is 6.97. The van der Waals surface area contributed by atoms with E-state index in [1.54, 1.807) is 0 Å². The van der Waals surface area contributed by atoms with Gasteiger partial charge >= 0.3 is 0 Å². The summed E-state index contributed by atoms with van der Waals surface area (Å²) in [5.41, 5.74) is -0.324. The average Bonchev–Trinajstić information content (AvgIpc) is 2.92. The summed E-state index contributed by atoms with van der Waals surface area (Å²) in [6.07, 6.45) is 0. The van der Waals surface area contributed by atoms with Crippen LogP contribution < -0.4 is 0 Å². The second-order valence-corrected chi connectivity index (χ2v) is 11.9. The number of Topliss-reactive ketones (excluding diaryl/α,β-unsaturated/α-hetero) is 1. The maximum atomic E-state index is 14.9. The molecular weight excluding hydrogens is 638 g/mol. The topological polar surface area (TPSA) is 57.5 Å². The van der Waals surface area contributed by atoms with Crippen molar-refractivity contribution in [1.29, 1.82) is 0 Å². The van der Waals surface area contributed by atoms with Crippen molar-refractivity contribution in [3.8, 4) is 11.5 Å². The van der Waals surface area contributed by atoms with Gasteiger partial charge in [0.05, 0.1) is 11.8 Å². The number of alkyl halides is 4. The van der Waals surface area contributed by atoms with Gasteiger partial charge in [0.1, 0.15) is 50.2 Å². The van der Waals surface area contributed by atoms with E-state index < -0.39 is 73.9 Å². The molecule has 0 spiro atoms. The van der Waals surface area contributed by atoms with Gasteiger partial charge in [0.2, 0.25) is 0 Å². The number of benzene rings is 4. The molecule has 3 nitrogen and oxygen atoms in total. The lowest BCUT2D eigenvalue weighted by Crippen LogP contribution is -2.33. The number of phenols is 2. The van der Waals surface area contributed by atoms with E-state index in [-0.39, 0.29) is 22.3 Å². The zero-order valence-electron chi connectivity index (χ0n) is 21.4. The number of carbonyl (C=O) groups is 1. The summed E-state index contributed by atoms with van der Waals surface area (Å²) in [6, 6.07) is 15.7. The molecule has 11 heteroatoms. The molecule has 0 aliphatic heterocycles. The normalized spacial score (nSPS) is 14.5. The first kappa shape index (κ1) is 32.0. The van der Waals surface area contributed by atoms with Gasteiger partial charge in [-0.25, -0.2) is 17.6 Å². The van der Waals surface area contributed by atoms with Crippen LogP contribution in [-0.4, -0.2) is 25.7 Å². The van der Waals surface area contributed by atoms with Crippen LogP contribution in [0, 0.1) is 23.3 Å². The first-order valence-corrected chi connectivity index (χ1v) is 14.2. The van der Waals surface area contributed by atoms with Crippen LogP contribution in [0.1, 0.15) is 45.9 Å². The van der Waals surface area contributed by atoms with Gasteiger partial charge in [-0.2, -0.15) is 0 Å². The fourth-order valence-electron chi connectivity index (χ4n) is 5.18. The fraction of sp³-hybridized carbons (Fsp3) is 0.194. The molecule has 0 aliphatic rings. The Morgan fingerprint density at radius 1 is 0.548 bits per heavy atom. The summed E-state index contributed by atoms with van der Waals surface area (Å²) in [6.45, 7) is 0. The van der Waals surface area contributed by atoms with E-state index in [0.29, 0.717) is 0 Å². The fourth-order valence-corrected chi connectivity index (χ4v) is 6.35. The van der Waals surface area contributed by atoms with E-state index in [1.807, 2.05) is 0 Å². The van der Waals surface area contributed by atoms with E-state index in [9.17, 15) is 32.6 Å². The molecule has 220 valence electrons. The Labute approximate surface area is 259 Å². The highest BCUT2D eigenvalue weighted by Crippen LogP contribution is 2.51. The lowest BCUT2D eigenvalue weighted by Gasteiger charge is -2.35. The number of aromatic hydroxyl groups is 2. The average molecular weight is 660 g/mol. The molecule has 2 N–H and O–H groups in total. The summed E-state index contributed by atoms with van der Waals surface area (Å²) in [5.74, 6) is -10.9. The third-order valence-electron chi connectivity index (χ3n) is 6.99. The summed E-state index contributed by atoms with van der Waals surface area (Å²) < 4.78 is 58.0. The molecule has 0 amide bonds. The first-order valence-electron chi connectivity index (χ1n) is 12.5. The van der Waals surface area contributed by atoms with Crippen LogP contribution in [0.2, 0.25) is 0 Å². The zero-order valence-corrected chi connectivity index (χ0v) is 24.4. The van der Waals surface area contributed by atoms with Crippen molar-refractivity contribution < 1.29 is 32.6 Å². The molecule has 0 heterocycles. The molecule has 0 aromatic heterocycles. The number of phenolic OH excluding ortho intramolecular Hbond substituents is 2. The van der Waals surface area contributed by atoms with Crippen molar-refractivity contribution in [2.24, 2.45) is 0 Å². The second kappa shape index (κ2) is 13.6. The number of rotatable bonds is 10. The van der Waals surface area contributed by atoms with Crippen LogP contribution in [0.5, 0.6) is 11.5 Å². The Kier molecular flexibility index (Phi) is 10.3. The Morgan fingerprint density at radius 2 is 0.905 bits per heavy atom. The quantitative estimate of drug-likeness (QED) is 0.132. The van der Waals surface area contributed by atoms with E-state index in [0.717, 1.165) is 60.7 Å². The highest BCUT2D eigenvalue weighted by molar-refractivity contribution is 6.45. The third-order valence-corrected chi connectivity index (χ3v) is 8.08. The first-order chi connectivity index (χ1) is 19.9. The zero-order chi connectivity index (χ0) is 30.7. The summed E-state index contributed by atoms with van der Waals surface area (Å²) in [7, 11) is 0. The number of carbonyl (C=O) groups excluding carboxylic acids is 1. The number of hydrogen-bond donors (Lipinski definition) is 2. The predicted octanol–water partition coefficient (Wildman–Crippen LogP) is 9.27. The number of halogens is 8. The van der Waals surface area contributed by atoms with Crippen LogP contribution in [-0.2, 0) is 4.79 Å². The maximum Gasteiger partial charge on any atom is 0.149 e. The Morgan fingerprint density at radius 3 is 1.24 bits per heavy atom. The van der Waals surface area contributed by atoms with Crippen molar-refractivity contribution in [2.75, 3.05) is 0 Å². The lowest BCUT2D eigenvalue weighted by molar-refractivity contribution is -0.123. The minimum atomic E-state index is -1.64. The molecule has 0 radical (unpaired) electrons. The minimum Gasteiger partial charge on any atom is -0.508 e. The van der Waals surface area contributed by atoms with Gasteiger partial charge in [-0.3, -0.25) is 4.79 Å². The highest BCUT2D eigenvalue weighted by Gasteiger charge is 2.45. The van der Waals surface area contributed by atoms with Gasteiger partial charge in [-0.15, -0.1) is 46.4 Å². The monoisotopic (exact) mass is 658 g/mol. The van der Waals surface area contributed by atoms with Gasteiger partial charge in [-0.05, 0) is 71.8 Å². The molecule has 0 fully saturated rings. The van der Waals surface area contributed by atoms with E-state index in [2.05, 4.69) is 0 Å². The van der Waals surface area contributed by atoms with Crippen molar-refractivity contribution >= 4 is 52.2 Å². The number of ketones is 1. The largest absolute Gasteiger partial charge is 0.508 e. The molecule has 4 aromatic carbocycles. The van der Waals surface area contributed by atoms with Crippen molar-refractivity contribution in [3.63, 3.8) is 0 Å². The van der Waals surface area contributed by atoms with Gasteiger partial charge < -0.3 is 10.2 Å². The summed E-state index contributed by atoms with van der Waals surface area (Å²) in [5, 5.41) is 21.7. The molecule has 0 bridgehead atoms. The molecule has 4 atom stereocenters.